The highest BCUT2D eigenvalue weighted by Gasteiger charge is 2.33. The molecule has 3 aliphatic heterocycles. The normalized spacial score (nSPS) is 19.1. The summed E-state index contributed by atoms with van der Waals surface area (Å²) in [5, 5.41) is 14.4. The molecule has 3 aromatic carbocycles. The van der Waals surface area contributed by atoms with Crippen molar-refractivity contribution in [3.63, 3.8) is 0 Å². The van der Waals surface area contributed by atoms with E-state index >= 15 is 0 Å². The predicted octanol–water partition coefficient (Wildman–Crippen LogP) is 5.74. The van der Waals surface area contributed by atoms with Gasteiger partial charge in [-0.3, -0.25) is 4.79 Å². The molecule has 2 N–H and O–H groups in total. The first kappa shape index (κ1) is 29.2. The van der Waals surface area contributed by atoms with E-state index in [-0.39, 0.29) is 43.2 Å². The van der Waals surface area contributed by atoms with E-state index in [9.17, 15) is 18.7 Å². The quantitative estimate of drug-likeness (QED) is 0.328. The molecule has 6 rings (SSSR count). The van der Waals surface area contributed by atoms with Crippen LogP contribution in [0.25, 0.3) is 0 Å². The third kappa shape index (κ3) is 6.70. The summed E-state index contributed by atoms with van der Waals surface area (Å²) in [4.78, 5) is 17.9. The van der Waals surface area contributed by atoms with Crippen LogP contribution in [0.1, 0.15) is 58.3 Å². The molecule has 2 fully saturated rings. The zero-order valence-corrected chi connectivity index (χ0v) is 24.2. The second-order valence-electron chi connectivity index (χ2n) is 11.6. The van der Waals surface area contributed by atoms with Crippen LogP contribution in [-0.4, -0.2) is 66.3 Å². The van der Waals surface area contributed by atoms with Gasteiger partial charge in [0, 0.05) is 50.1 Å². The van der Waals surface area contributed by atoms with Crippen molar-refractivity contribution in [2.24, 2.45) is 0 Å². The average molecular weight is 594 g/mol. The van der Waals surface area contributed by atoms with Crippen molar-refractivity contribution in [1.29, 1.82) is 0 Å². The zero-order valence-electron chi connectivity index (χ0n) is 24.2. The topological polar surface area (TPSA) is 83.5 Å². The van der Waals surface area contributed by atoms with Crippen molar-refractivity contribution < 1.29 is 32.9 Å². The number of nitrogens with one attached hydrogen (secondary N) is 1. The highest BCUT2D eigenvalue weighted by molar-refractivity contribution is 6.00. The number of carbonyl (C=O) groups is 1. The Hall–Kier alpha value is -3.89. The van der Waals surface area contributed by atoms with E-state index in [1.807, 2.05) is 42.5 Å². The van der Waals surface area contributed by atoms with Crippen molar-refractivity contribution in [2.45, 2.75) is 57.5 Å². The average Bonchev–Trinajstić information content (AvgIpc) is 3.67. The molecule has 3 aliphatic rings. The highest BCUT2D eigenvalue weighted by atomic mass is 19.3. The van der Waals surface area contributed by atoms with E-state index in [4.69, 9.17) is 14.2 Å². The lowest BCUT2D eigenvalue weighted by Crippen LogP contribution is -2.35. The summed E-state index contributed by atoms with van der Waals surface area (Å²) < 4.78 is 45.2. The number of hydrogen-bond acceptors (Lipinski definition) is 7. The SMILES string of the molecule is CN1CCC(Oc2cc3c(c(N[C@H]4CCOC4)c2)CN(C(=O)c2c(O)cc(C(F)F)cc2OCc2ccccc2)C3)CC1. The number of hydrogen-bond donors (Lipinski definition) is 2. The second-order valence-corrected chi connectivity index (χ2v) is 11.6. The fourth-order valence-electron chi connectivity index (χ4n) is 5.96. The van der Waals surface area contributed by atoms with Gasteiger partial charge in [-0.1, -0.05) is 30.3 Å². The van der Waals surface area contributed by atoms with Gasteiger partial charge in [-0.25, -0.2) is 8.78 Å². The Morgan fingerprint density at radius 1 is 1.09 bits per heavy atom. The summed E-state index contributed by atoms with van der Waals surface area (Å²) in [6.45, 7) is 3.87. The summed E-state index contributed by atoms with van der Waals surface area (Å²) in [5.74, 6) is -0.354. The Morgan fingerprint density at radius 3 is 2.60 bits per heavy atom. The van der Waals surface area contributed by atoms with Crippen molar-refractivity contribution in [3.05, 3.63) is 82.4 Å². The van der Waals surface area contributed by atoms with E-state index in [0.29, 0.717) is 13.2 Å². The number of halogens is 2. The molecule has 0 unspecified atom stereocenters. The van der Waals surface area contributed by atoms with E-state index in [1.54, 1.807) is 4.90 Å². The van der Waals surface area contributed by atoms with E-state index in [0.717, 1.165) is 72.6 Å². The third-order valence-electron chi connectivity index (χ3n) is 8.38. The van der Waals surface area contributed by atoms with Crippen molar-refractivity contribution >= 4 is 11.6 Å². The molecule has 3 heterocycles. The molecule has 1 amide bonds. The first-order valence-corrected chi connectivity index (χ1v) is 14.8. The molecule has 0 aromatic heterocycles. The molecule has 2 saturated heterocycles. The molecule has 0 spiro atoms. The molecular formula is C33H37F2N3O5. The summed E-state index contributed by atoms with van der Waals surface area (Å²) in [7, 11) is 2.11. The maximum absolute atomic E-state index is 14.0. The predicted molar refractivity (Wildman–Crippen MR) is 158 cm³/mol. The minimum Gasteiger partial charge on any atom is -0.507 e. The number of aromatic hydroxyl groups is 1. The zero-order chi connectivity index (χ0) is 29.9. The van der Waals surface area contributed by atoms with Gasteiger partial charge in [0.05, 0.1) is 12.6 Å². The lowest BCUT2D eigenvalue weighted by molar-refractivity contribution is 0.0742. The standard InChI is InChI=1S/C33H37F2N3O5/c1-37-10-7-25(8-11-37)43-26-13-23-17-38(18-27(23)28(16-26)36-24-9-12-41-20-24)33(40)31-29(39)14-22(32(34)35)15-30(31)42-19-21-5-3-2-4-6-21/h2-6,13-16,24-25,32,36,39H,7-12,17-20H2,1H3/t24-/m0/s1. The first-order valence-electron chi connectivity index (χ1n) is 14.8. The summed E-state index contributed by atoms with van der Waals surface area (Å²) in [5.41, 5.74) is 3.06. The number of benzene rings is 3. The lowest BCUT2D eigenvalue weighted by Gasteiger charge is -2.29. The van der Waals surface area contributed by atoms with Crippen LogP contribution in [0.2, 0.25) is 0 Å². The van der Waals surface area contributed by atoms with Gasteiger partial charge in [-0.2, -0.15) is 0 Å². The monoisotopic (exact) mass is 593 g/mol. The number of ether oxygens (including phenoxy) is 3. The number of phenols is 1. The number of anilines is 1. The maximum Gasteiger partial charge on any atom is 0.264 e. The van der Waals surface area contributed by atoms with Crippen LogP contribution in [0.4, 0.5) is 14.5 Å². The Balaban J connectivity index is 1.27. The molecule has 10 heteroatoms. The number of fused-ring (bicyclic) bond motifs is 1. The Morgan fingerprint density at radius 2 is 1.88 bits per heavy atom. The number of amides is 1. The summed E-state index contributed by atoms with van der Waals surface area (Å²) >= 11 is 0. The van der Waals surface area contributed by atoms with Crippen LogP contribution >= 0.6 is 0 Å². The van der Waals surface area contributed by atoms with Crippen molar-refractivity contribution in [2.75, 3.05) is 38.7 Å². The number of alkyl halides is 2. The molecule has 0 radical (unpaired) electrons. The molecule has 1 atom stereocenters. The smallest absolute Gasteiger partial charge is 0.264 e. The van der Waals surface area contributed by atoms with Gasteiger partial charge in [0.15, 0.2) is 0 Å². The maximum atomic E-state index is 14.0. The van der Waals surface area contributed by atoms with Gasteiger partial charge in [0.25, 0.3) is 12.3 Å². The second kappa shape index (κ2) is 12.8. The van der Waals surface area contributed by atoms with Crippen LogP contribution in [0.15, 0.2) is 54.6 Å². The highest BCUT2D eigenvalue weighted by Crippen LogP contribution is 2.40. The molecule has 0 bridgehead atoms. The largest absolute Gasteiger partial charge is 0.507 e. The van der Waals surface area contributed by atoms with Crippen LogP contribution in [0.5, 0.6) is 17.2 Å². The van der Waals surface area contributed by atoms with E-state index in [1.165, 1.54) is 0 Å². The minimum absolute atomic E-state index is 0.0582. The van der Waals surface area contributed by atoms with Gasteiger partial charge in [0.1, 0.15) is 35.5 Å². The van der Waals surface area contributed by atoms with Gasteiger partial charge in [-0.15, -0.1) is 0 Å². The van der Waals surface area contributed by atoms with Crippen LogP contribution in [-0.2, 0) is 24.4 Å². The van der Waals surface area contributed by atoms with Gasteiger partial charge in [-0.05, 0) is 61.2 Å². The number of rotatable bonds is 9. The number of nitrogens with zero attached hydrogens (tertiary/aromatic N) is 2. The minimum atomic E-state index is -2.83. The summed E-state index contributed by atoms with van der Waals surface area (Å²) in [6.07, 6.45) is 0.0463. The van der Waals surface area contributed by atoms with E-state index < -0.39 is 23.6 Å². The van der Waals surface area contributed by atoms with Crippen molar-refractivity contribution in [3.8, 4) is 17.2 Å². The molecule has 3 aromatic rings. The van der Waals surface area contributed by atoms with Crippen LogP contribution < -0.4 is 14.8 Å². The fraction of sp³-hybridized carbons (Fsp3) is 0.424. The molecule has 8 nitrogen and oxygen atoms in total. The molecule has 228 valence electrons. The number of likely N-dealkylation sites (tertiary alicyclic amines) is 1. The number of piperidine rings is 1. The Bertz CT molecular complexity index is 1440. The van der Waals surface area contributed by atoms with Crippen molar-refractivity contribution in [1.82, 2.24) is 9.80 Å². The first-order chi connectivity index (χ1) is 20.8. The Kier molecular flexibility index (Phi) is 8.67. The van der Waals surface area contributed by atoms with Gasteiger partial charge < -0.3 is 34.4 Å². The summed E-state index contributed by atoms with van der Waals surface area (Å²) in [6, 6.07) is 15.4. The third-order valence-corrected chi connectivity index (χ3v) is 8.38. The van der Waals surface area contributed by atoms with E-state index in [2.05, 4.69) is 17.3 Å². The molecule has 43 heavy (non-hydrogen) atoms. The van der Waals surface area contributed by atoms with Crippen LogP contribution in [0, 0.1) is 0 Å². The Labute approximate surface area is 250 Å². The number of carbonyl (C=O) groups excluding carboxylic acids is 1. The van der Waals surface area contributed by atoms with Crippen LogP contribution in [0.3, 0.4) is 0 Å². The fourth-order valence-corrected chi connectivity index (χ4v) is 5.96. The lowest BCUT2D eigenvalue weighted by atomic mass is 10.1. The number of phenolic OH excluding ortho intramolecular Hbond substituents is 1. The van der Waals surface area contributed by atoms with Gasteiger partial charge >= 0.3 is 0 Å². The molecule has 0 saturated carbocycles. The molecule has 0 aliphatic carbocycles. The molecular weight excluding hydrogens is 556 g/mol. The van der Waals surface area contributed by atoms with Gasteiger partial charge in [0.2, 0.25) is 0 Å².